The van der Waals surface area contributed by atoms with Crippen molar-refractivity contribution in [1.82, 2.24) is 20.4 Å². The number of urea groups is 1. The predicted octanol–water partition coefficient (Wildman–Crippen LogP) is 1.48. The van der Waals surface area contributed by atoms with Crippen LogP contribution >= 0.6 is 0 Å². The maximum Gasteiger partial charge on any atom is 0.325 e. The summed E-state index contributed by atoms with van der Waals surface area (Å²) in [6, 6.07) is -0.247. The van der Waals surface area contributed by atoms with Crippen LogP contribution in [0.5, 0.6) is 0 Å². The van der Waals surface area contributed by atoms with Crippen LogP contribution in [0.15, 0.2) is 0 Å². The van der Waals surface area contributed by atoms with Gasteiger partial charge in [-0.3, -0.25) is 14.5 Å². The number of carbonyl (C=O) groups is 3. The quantitative estimate of drug-likeness (QED) is 0.530. The lowest BCUT2D eigenvalue weighted by molar-refractivity contribution is -0.131. The number of carbonyl (C=O) groups excluding carboxylic acids is 3. The lowest BCUT2D eigenvalue weighted by Gasteiger charge is -2.32. The fourth-order valence-corrected chi connectivity index (χ4v) is 4.44. The third-order valence-electron chi connectivity index (χ3n) is 6.05. The lowest BCUT2D eigenvalue weighted by atomic mass is 9.97. The third-order valence-corrected chi connectivity index (χ3v) is 6.05. The molecule has 1 unspecified atom stereocenters. The van der Waals surface area contributed by atoms with Gasteiger partial charge in [-0.05, 0) is 38.6 Å². The van der Waals surface area contributed by atoms with Crippen LogP contribution in [0.3, 0.4) is 0 Å². The van der Waals surface area contributed by atoms with Gasteiger partial charge in [0.15, 0.2) is 0 Å². The molecule has 0 bridgehead atoms. The molecule has 3 aliphatic rings. The van der Waals surface area contributed by atoms with Crippen LogP contribution in [0, 0.1) is 5.92 Å². The Kier molecular flexibility index (Phi) is 6.16. The summed E-state index contributed by atoms with van der Waals surface area (Å²) >= 11 is 0. The predicted molar refractivity (Wildman–Crippen MR) is 98.5 cm³/mol. The van der Waals surface area contributed by atoms with E-state index >= 15 is 0 Å². The first-order valence-electron chi connectivity index (χ1n) is 10.2. The van der Waals surface area contributed by atoms with Crippen molar-refractivity contribution in [2.45, 2.75) is 63.8 Å². The second-order valence-corrected chi connectivity index (χ2v) is 7.96. The van der Waals surface area contributed by atoms with E-state index in [0.29, 0.717) is 19.6 Å². The van der Waals surface area contributed by atoms with Crippen LogP contribution in [0.1, 0.15) is 58.3 Å². The minimum Gasteiger partial charge on any atom is -0.356 e. The molecule has 1 atom stereocenters. The van der Waals surface area contributed by atoms with Gasteiger partial charge >= 0.3 is 6.03 Å². The maximum absolute atomic E-state index is 12.7. The summed E-state index contributed by atoms with van der Waals surface area (Å²) in [5, 5.41) is 5.95. The summed E-state index contributed by atoms with van der Waals surface area (Å²) in [5.74, 6) is 0.110. The SMILES string of the molecule is CCCCNC(=O)C1CCCN(CCN2C(=O)NC3(CCCC3)C2=O)C1. The van der Waals surface area contributed by atoms with Crippen LogP contribution in [0.25, 0.3) is 0 Å². The zero-order valence-corrected chi connectivity index (χ0v) is 15.9. The number of nitrogens with one attached hydrogen (secondary N) is 2. The minimum absolute atomic E-state index is 0.0184. The van der Waals surface area contributed by atoms with Gasteiger partial charge in [-0.2, -0.15) is 0 Å². The van der Waals surface area contributed by atoms with Gasteiger partial charge in [-0.15, -0.1) is 0 Å². The minimum atomic E-state index is -0.624. The number of piperidine rings is 1. The van der Waals surface area contributed by atoms with Crippen molar-refractivity contribution < 1.29 is 14.4 Å². The fourth-order valence-electron chi connectivity index (χ4n) is 4.44. The van der Waals surface area contributed by atoms with Gasteiger partial charge < -0.3 is 15.5 Å². The Morgan fingerprint density at radius 2 is 2.00 bits per heavy atom. The highest BCUT2D eigenvalue weighted by Gasteiger charge is 2.52. The summed E-state index contributed by atoms with van der Waals surface area (Å²) in [6.07, 6.45) is 7.51. The van der Waals surface area contributed by atoms with E-state index in [9.17, 15) is 14.4 Å². The monoisotopic (exact) mass is 364 g/mol. The van der Waals surface area contributed by atoms with Crippen LogP contribution in [-0.4, -0.2) is 65.9 Å². The molecule has 2 heterocycles. The zero-order chi connectivity index (χ0) is 18.6. The van der Waals surface area contributed by atoms with Crippen LogP contribution in [0.2, 0.25) is 0 Å². The summed E-state index contributed by atoms with van der Waals surface area (Å²) in [6.45, 7) is 5.56. The molecule has 2 aliphatic heterocycles. The molecular formula is C19H32N4O3. The maximum atomic E-state index is 12.7. The first-order chi connectivity index (χ1) is 12.6. The number of amides is 4. The topological polar surface area (TPSA) is 81.8 Å². The first-order valence-corrected chi connectivity index (χ1v) is 10.2. The first kappa shape index (κ1) is 19.1. The van der Waals surface area contributed by atoms with Crippen LogP contribution in [-0.2, 0) is 9.59 Å². The Bertz CT molecular complexity index is 545. The van der Waals surface area contributed by atoms with Gasteiger partial charge in [0.2, 0.25) is 5.91 Å². The van der Waals surface area contributed by atoms with Gasteiger partial charge in [0.25, 0.3) is 5.91 Å². The zero-order valence-electron chi connectivity index (χ0n) is 15.9. The Labute approximate surface area is 155 Å². The Balaban J connectivity index is 1.47. The van der Waals surface area contributed by atoms with E-state index in [1.165, 1.54) is 4.90 Å². The molecular weight excluding hydrogens is 332 g/mol. The molecule has 7 nitrogen and oxygen atoms in total. The molecule has 1 spiro atoms. The number of hydrogen-bond donors (Lipinski definition) is 2. The average molecular weight is 364 g/mol. The molecule has 0 radical (unpaired) electrons. The van der Waals surface area contributed by atoms with Crippen molar-refractivity contribution in [2.75, 3.05) is 32.7 Å². The summed E-state index contributed by atoms with van der Waals surface area (Å²) in [4.78, 5) is 40.8. The highest BCUT2D eigenvalue weighted by Crippen LogP contribution is 2.34. The second kappa shape index (κ2) is 8.37. The standard InChI is InChI=1S/C19H32N4O3/c1-2-3-10-20-16(24)15-7-6-11-22(14-15)12-13-23-17(25)19(21-18(23)26)8-4-5-9-19/h15H,2-14H2,1H3,(H,20,24)(H,21,26). The van der Waals surface area contributed by atoms with Crippen molar-refractivity contribution >= 4 is 17.8 Å². The number of rotatable bonds is 7. The highest BCUT2D eigenvalue weighted by molar-refractivity contribution is 6.07. The van der Waals surface area contributed by atoms with Crippen molar-refractivity contribution in [3.05, 3.63) is 0 Å². The third kappa shape index (κ3) is 4.03. The molecule has 1 aliphatic carbocycles. The summed E-state index contributed by atoms with van der Waals surface area (Å²) in [5.41, 5.74) is -0.624. The van der Waals surface area contributed by atoms with Gasteiger partial charge in [-0.25, -0.2) is 4.79 Å². The van der Waals surface area contributed by atoms with Gasteiger partial charge in [0.05, 0.1) is 5.92 Å². The molecule has 0 aromatic heterocycles. The van der Waals surface area contributed by atoms with Crippen LogP contribution < -0.4 is 10.6 Å². The molecule has 3 fully saturated rings. The molecule has 7 heteroatoms. The number of hydrogen-bond acceptors (Lipinski definition) is 4. The Morgan fingerprint density at radius 1 is 1.23 bits per heavy atom. The summed E-state index contributed by atoms with van der Waals surface area (Å²) in [7, 11) is 0. The smallest absolute Gasteiger partial charge is 0.325 e. The van der Waals surface area contributed by atoms with Crippen molar-refractivity contribution in [2.24, 2.45) is 5.92 Å². The Hall–Kier alpha value is -1.63. The van der Waals surface area contributed by atoms with Crippen LogP contribution in [0.4, 0.5) is 4.79 Å². The molecule has 146 valence electrons. The lowest BCUT2D eigenvalue weighted by Crippen LogP contribution is -2.47. The highest BCUT2D eigenvalue weighted by atomic mass is 16.2. The largest absolute Gasteiger partial charge is 0.356 e. The van der Waals surface area contributed by atoms with Crippen molar-refractivity contribution in [3.63, 3.8) is 0 Å². The molecule has 0 aromatic carbocycles. The van der Waals surface area contributed by atoms with E-state index in [-0.39, 0.29) is 23.8 Å². The van der Waals surface area contributed by atoms with E-state index in [4.69, 9.17) is 0 Å². The van der Waals surface area contributed by atoms with E-state index in [0.717, 1.165) is 64.5 Å². The molecule has 1 saturated carbocycles. The number of unbranched alkanes of at least 4 members (excludes halogenated alkanes) is 1. The number of imide groups is 1. The number of likely N-dealkylation sites (tertiary alicyclic amines) is 1. The normalized spacial score (nSPS) is 25.7. The average Bonchev–Trinajstić information content (AvgIpc) is 3.20. The van der Waals surface area contributed by atoms with E-state index in [1.54, 1.807) is 0 Å². The molecule has 4 amide bonds. The van der Waals surface area contributed by atoms with E-state index in [1.807, 2.05) is 0 Å². The van der Waals surface area contributed by atoms with E-state index in [2.05, 4.69) is 22.5 Å². The molecule has 0 aromatic rings. The van der Waals surface area contributed by atoms with Gasteiger partial charge in [-0.1, -0.05) is 26.2 Å². The van der Waals surface area contributed by atoms with Gasteiger partial charge in [0.1, 0.15) is 5.54 Å². The molecule has 2 N–H and O–H groups in total. The Morgan fingerprint density at radius 3 is 2.73 bits per heavy atom. The fraction of sp³-hybridized carbons (Fsp3) is 0.842. The molecule has 26 heavy (non-hydrogen) atoms. The number of nitrogens with zero attached hydrogens (tertiary/aromatic N) is 2. The summed E-state index contributed by atoms with van der Waals surface area (Å²) < 4.78 is 0. The molecule has 3 rings (SSSR count). The van der Waals surface area contributed by atoms with Crippen molar-refractivity contribution in [3.8, 4) is 0 Å². The molecule has 2 saturated heterocycles. The van der Waals surface area contributed by atoms with E-state index < -0.39 is 5.54 Å². The van der Waals surface area contributed by atoms with Gasteiger partial charge in [0, 0.05) is 26.2 Å². The second-order valence-electron chi connectivity index (χ2n) is 7.96. The van der Waals surface area contributed by atoms with Crippen molar-refractivity contribution in [1.29, 1.82) is 0 Å².